The Kier molecular flexibility index (Phi) is 3.51. The van der Waals surface area contributed by atoms with E-state index >= 15 is 0 Å². The molecule has 0 spiro atoms. The number of imidazole rings is 1. The van der Waals surface area contributed by atoms with Gasteiger partial charge in [0.25, 0.3) is 0 Å². The molecular formula is C12H18N4. The molecule has 4 heteroatoms. The first-order valence-electron chi connectivity index (χ1n) is 5.87. The summed E-state index contributed by atoms with van der Waals surface area (Å²) in [5.41, 5.74) is 7.53. The average molecular weight is 218 g/mol. The van der Waals surface area contributed by atoms with Crippen molar-refractivity contribution in [2.45, 2.75) is 32.7 Å². The van der Waals surface area contributed by atoms with E-state index in [1.807, 2.05) is 18.3 Å². The minimum Gasteiger partial charge on any atom is -0.330 e. The second-order valence-corrected chi connectivity index (χ2v) is 3.92. The summed E-state index contributed by atoms with van der Waals surface area (Å²) in [5.74, 6) is 1.11. The van der Waals surface area contributed by atoms with Crippen molar-refractivity contribution in [3.8, 4) is 0 Å². The molecule has 4 nitrogen and oxygen atoms in total. The van der Waals surface area contributed by atoms with Gasteiger partial charge in [-0.3, -0.25) is 0 Å². The average Bonchev–Trinajstić information content (AvgIpc) is 2.66. The second kappa shape index (κ2) is 5.07. The molecule has 2 aromatic rings. The summed E-state index contributed by atoms with van der Waals surface area (Å²) in [4.78, 5) is 9.01. The highest BCUT2D eigenvalue weighted by atomic mass is 15.1. The Morgan fingerprint density at radius 2 is 2.31 bits per heavy atom. The van der Waals surface area contributed by atoms with Crippen molar-refractivity contribution in [2.75, 3.05) is 6.54 Å². The van der Waals surface area contributed by atoms with E-state index in [4.69, 9.17) is 5.73 Å². The highest BCUT2D eigenvalue weighted by Gasteiger charge is 2.09. The fourth-order valence-corrected chi connectivity index (χ4v) is 1.91. The van der Waals surface area contributed by atoms with E-state index in [9.17, 15) is 0 Å². The molecule has 2 N–H and O–H groups in total. The van der Waals surface area contributed by atoms with Gasteiger partial charge in [0.05, 0.1) is 0 Å². The SMILES string of the molecule is CCCn1c(CCCN)nc2cccnc21. The maximum atomic E-state index is 5.54. The van der Waals surface area contributed by atoms with Crippen LogP contribution in [0.15, 0.2) is 18.3 Å². The summed E-state index contributed by atoms with van der Waals surface area (Å²) in [6, 6.07) is 3.94. The molecule has 0 aliphatic heterocycles. The Balaban J connectivity index is 2.41. The van der Waals surface area contributed by atoms with Gasteiger partial charge >= 0.3 is 0 Å². The largest absolute Gasteiger partial charge is 0.330 e. The van der Waals surface area contributed by atoms with E-state index < -0.39 is 0 Å². The van der Waals surface area contributed by atoms with Gasteiger partial charge in [0, 0.05) is 19.2 Å². The molecule has 0 unspecified atom stereocenters. The molecular weight excluding hydrogens is 200 g/mol. The molecule has 0 radical (unpaired) electrons. The molecule has 0 saturated heterocycles. The molecule has 0 atom stereocenters. The summed E-state index contributed by atoms with van der Waals surface area (Å²) in [5, 5.41) is 0. The molecule has 2 aromatic heterocycles. The summed E-state index contributed by atoms with van der Waals surface area (Å²) in [6.07, 6.45) is 4.83. The van der Waals surface area contributed by atoms with Gasteiger partial charge in [0.2, 0.25) is 0 Å². The molecule has 0 aliphatic rings. The van der Waals surface area contributed by atoms with Crippen molar-refractivity contribution >= 4 is 11.2 Å². The Morgan fingerprint density at radius 1 is 1.44 bits per heavy atom. The van der Waals surface area contributed by atoms with Crippen LogP contribution in [0.5, 0.6) is 0 Å². The predicted octanol–water partition coefficient (Wildman–Crippen LogP) is 1.73. The topological polar surface area (TPSA) is 56.7 Å². The van der Waals surface area contributed by atoms with Gasteiger partial charge in [0.1, 0.15) is 11.3 Å². The monoisotopic (exact) mass is 218 g/mol. The Labute approximate surface area is 95.5 Å². The molecule has 2 rings (SSSR count). The number of rotatable bonds is 5. The third-order valence-corrected chi connectivity index (χ3v) is 2.63. The standard InChI is InChI=1S/C12H18N4/c1-2-9-16-11(6-3-7-13)15-10-5-4-8-14-12(10)16/h4-5,8H,2-3,6-7,9,13H2,1H3. The van der Waals surface area contributed by atoms with Crippen LogP contribution < -0.4 is 5.73 Å². The van der Waals surface area contributed by atoms with Crippen LogP contribution in [0, 0.1) is 0 Å². The van der Waals surface area contributed by atoms with Crippen LogP contribution in [0.3, 0.4) is 0 Å². The molecule has 0 fully saturated rings. The third-order valence-electron chi connectivity index (χ3n) is 2.63. The van der Waals surface area contributed by atoms with Crippen molar-refractivity contribution in [1.82, 2.24) is 14.5 Å². The van der Waals surface area contributed by atoms with Gasteiger partial charge in [-0.05, 0) is 31.5 Å². The predicted molar refractivity (Wildman–Crippen MR) is 65.2 cm³/mol. The van der Waals surface area contributed by atoms with E-state index in [0.29, 0.717) is 6.54 Å². The zero-order chi connectivity index (χ0) is 11.4. The number of pyridine rings is 1. The lowest BCUT2D eigenvalue weighted by Gasteiger charge is -2.05. The van der Waals surface area contributed by atoms with Crippen LogP contribution in [0.1, 0.15) is 25.6 Å². The van der Waals surface area contributed by atoms with E-state index in [1.54, 1.807) is 0 Å². The maximum absolute atomic E-state index is 5.54. The molecule has 0 amide bonds. The van der Waals surface area contributed by atoms with Crippen LogP contribution in [-0.4, -0.2) is 21.1 Å². The number of hydrogen-bond donors (Lipinski definition) is 1. The quantitative estimate of drug-likeness (QED) is 0.831. The summed E-state index contributed by atoms with van der Waals surface area (Å²) in [7, 11) is 0. The first kappa shape index (κ1) is 11.1. The minimum absolute atomic E-state index is 0.711. The molecule has 16 heavy (non-hydrogen) atoms. The Bertz CT molecular complexity index is 461. The molecule has 0 saturated carbocycles. The number of hydrogen-bond acceptors (Lipinski definition) is 3. The van der Waals surface area contributed by atoms with Gasteiger partial charge < -0.3 is 10.3 Å². The maximum Gasteiger partial charge on any atom is 0.159 e. The van der Waals surface area contributed by atoms with Crippen LogP contribution in [0.4, 0.5) is 0 Å². The van der Waals surface area contributed by atoms with Gasteiger partial charge in [-0.15, -0.1) is 0 Å². The summed E-state index contributed by atoms with van der Waals surface area (Å²) < 4.78 is 2.21. The van der Waals surface area contributed by atoms with E-state index in [1.165, 1.54) is 0 Å². The summed E-state index contributed by atoms with van der Waals surface area (Å²) in [6.45, 7) is 3.86. The van der Waals surface area contributed by atoms with Gasteiger partial charge in [-0.25, -0.2) is 9.97 Å². The van der Waals surface area contributed by atoms with Crippen molar-refractivity contribution < 1.29 is 0 Å². The van der Waals surface area contributed by atoms with Crippen molar-refractivity contribution in [3.63, 3.8) is 0 Å². The molecule has 2 heterocycles. The first-order chi connectivity index (χ1) is 7.86. The third kappa shape index (κ3) is 2.07. The zero-order valence-corrected chi connectivity index (χ0v) is 9.69. The van der Waals surface area contributed by atoms with Gasteiger partial charge in [-0.2, -0.15) is 0 Å². The normalized spacial score (nSPS) is 11.1. The number of aromatic nitrogens is 3. The van der Waals surface area contributed by atoms with Crippen LogP contribution in [-0.2, 0) is 13.0 Å². The molecule has 0 bridgehead atoms. The van der Waals surface area contributed by atoms with E-state index in [-0.39, 0.29) is 0 Å². The highest BCUT2D eigenvalue weighted by Crippen LogP contribution is 2.15. The first-order valence-corrected chi connectivity index (χ1v) is 5.87. The lowest BCUT2D eigenvalue weighted by molar-refractivity contribution is 0.635. The number of nitrogens with two attached hydrogens (primary N) is 1. The smallest absolute Gasteiger partial charge is 0.159 e. The minimum atomic E-state index is 0.711. The van der Waals surface area contributed by atoms with Gasteiger partial charge in [-0.1, -0.05) is 6.92 Å². The Hall–Kier alpha value is -1.42. The molecule has 0 aromatic carbocycles. The van der Waals surface area contributed by atoms with Crippen LogP contribution in [0.25, 0.3) is 11.2 Å². The van der Waals surface area contributed by atoms with Crippen LogP contribution in [0.2, 0.25) is 0 Å². The highest BCUT2D eigenvalue weighted by molar-refractivity contribution is 5.71. The fraction of sp³-hybridized carbons (Fsp3) is 0.500. The number of nitrogens with zero attached hydrogens (tertiary/aromatic N) is 3. The lowest BCUT2D eigenvalue weighted by atomic mass is 10.3. The van der Waals surface area contributed by atoms with E-state index in [0.717, 1.165) is 42.8 Å². The van der Waals surface area contributed by atoms with E-state index in [2.05, 4.69) is 21.5 Å². The molecule has 86 valence electrons. The number of aryl methyl sites for hydroxylation is 2. The van der Waals surface area contributed by atoms with Crippen molar-refractivity contribution in [2.24, 2.45) is 5.73 Å². The second-order valence-electron chi connectivity index (χ2n) is 3.92. The van der Waals surface area contributed by atoms with Crippen LogP contribution >= 0.6 is 0 Å². The lowest BCUT2D eigenvalue weighted by Crippen LogP contribution is -2.07. The van der Waals surface area contributed by atoms with Crippen molar-refractivity contribution in [3.05, 3.63) is 24.2 Å². The number of fused-ring (bicyclic) bond motifs is 1. The molecule has 0 aliphatic carbocycles. The zero-order valence-electron chi connectivity index (χ0n) is 9.69. The Morgan fingerprint density at radius 3 is 3.06 bits per heavy atom. The van der Waals surface area contributed by atoms with Crippen molar-refractivity contribution in [1.29, 1.82) is 0 Å². The fourth-order valence-electron chi connectivity index (χ4n) is 1.91. The summed E-state index contributed by atoms with van der Waals surface area (Å²) >= 11 is 0. The van der Waals surface area contributed by atoms with Gasteiger partial charge in [0.15, 0.2) is 5.65 Å².